The number of rotatable bonds is 8. The number of amides is 1. The minimum Gasteiger partial charge on any atom is -0.488 e. The van der Waals surface area contributed by atoms with E-state index in [1.165, 1.54) is 0 Å². The number of aryl methyl sites for hydroxylation is 2. The Labute approximate surface area is 317 Å². The number of nitrogens with zero attached hydrogens (tertiary/aromatic N) is 5. The second-order valence-corrected chi connectivity index (χ2v) is 15.9. The van der Waals surface area contributed by atoms with Crippen molar-refractivity contribution in [1.82, 2.24) is 19.8 Å². The largest absolute Gasteiger partial charge is 0.488 e. The highest BCUT2D eigenvalue weighted by atomic mass is 35.5. The van der Waals surface area contributed by atoms with Crippen LogP contribution < -0.4 is 10.1 Å². The van der Waals surface area contributed by atoms with Gasteiger partial charge in [0.15, 0.2) is 5.82 Å². The molecule has 6 atom stereocenters. The molecule has 1 N–H and O–H groups in total. The lowest BCUT2D eigenvalue weighted by Crippen LogP contribution is -2.43. The summed E-state index contributed by atoms with van der Waals surface area (Å²) in [5, 5.41) is 25.0. The van der Waals surface area contributed by atoms with Crippen LogP contribution in [0.2, 0.25) is 10.0 Å². The van der Waals surface area contributed by atoms with E-state index < -0.39 is 5.82 Å². The summed E-state index contributed by atoms with van der Waals surface area (Å²) < 4.78 is 26.2. The maximum Gasteiger partial charge on any atom is 0.226 e. The molecule has 5 heterocycles. The Kier molecular flexibility index (Phi) is 8.38. The number of carbonyl (C=O) groups excluding carboxylic acids is 1. The minimum absolute atomic E-state index is 0.00208. The number of ether oxygens (including phenoxy) is 1. The molecule has 0 spiro atoms. The number of hydrogen-bond donors (Lipinski definition) is 1. The fourth-order valence-corrected chi connectivity index (χ4v) is 9.61. The lowest BCUT2D eigenvalue weighted by atomic mass is 9.79. The van der Waals surface area contributed by atoms with Crippen LogP contribution in [0.1, 0.15) is 73.6 Å². The number of likely N-dealkylation sites (tertiary alicyclic amines) is 1. The summed E-state index contributed by atoms with van der Waals surface area (Å²) in [4.78, 5) is 21.2. The van der Waals surface area contributed by atoms with Crippen molar-refractivity contribution in [3.8, 4) is 29.0 Å². The van der Waals surface area contributed by atoms with Gasteiger partial charge in [0.25, 0.3) is 0 Å². The molecule has 2 saturated carbocycles. The Hall–Kier alpha value is -4.67. The molecule has 0 unspecified atom stereocenters. The number of nitrogens with one attached hydrogen (secondary N) is 1. The third kappa shape index (κ3) is 5.47. The first-order valence-corrected chi connectivity index (χ1v) is 19.1. The van der Waals surface area contributed by atoms with Crippen LogP contribution in [0.3, 0.4) is 0 Å². The Balaban J connectivity index is 1.27. The number of fused-ring (bicyclic) bond motifs is 4. The summed E-state index contributed by atoms with van der Waals surface area (Å²) in [6.45, 7) is 4.86. The molecular formula is C42H37Cl2FN6O2. The standard InChI is InChI=1S/C42H37Cl2FN6O2/c1-21-29-17-33(34-18-35(22(2)50(34)42(52)24-11-12-24)53-27-8-3-6-23(14-27)19-47)51(40-26-16-32(40)48-20-26)41(29)30-15-25(7-5-13-46)36(38(45)39(30)49-21)28-9-4-10-31(43)37(28)44/h3-4,6,8-10,14-15,17,22,24,26,32,34-35,40,48H,5,7,11-12,16,18,20H2,1-2H3/t22-,26-,32-,34-,35+,40+/m1/s1. The zero-order valence-electron chi connectivity index (χ0n) is 29.4. The highest BCUT2D eigenvalue weighted by Gasteiger charge is 2.52. The molecule has 3 saturated heterocycles. The fourth-order valence-electron chi connectivity index (χ4n) is 9.21. The monoisotopic (exact) mass is 746 g/mol. The van der Waals surface area contributed by atoms with E-state index in [9.17, 15) is 15.3 Å². The molecular weight excluding hydrogens is 710 g/mol. The van der Waals surface area contributed by atoms with Gasteiger partial charge in [0.2, 0.25) is 5.91 Å². The highest BCUT2D eigenvalue weighted by molar-refractivity contribution is 6.43. The summed E-state index contributed by atoms with van der Waals surface area (Å²) in [5.74, 6) is 0.625. The van der Waals surface area contributed by atoms with Crippen molar-refractivity contribution in [3.63, 3.8) is 0 Å². The Morgan fingerprint density at radius 3 is 2.62 bits per heavy atom. The lowest BCUT2D eigenvalue weighted by molar-refractivity contribution is -0.136. The van der Waals surface area contributed by atoms with Crippen LogP contribution >= 0.6 is 23.2 Å². The van der Waals surface area contributed by atoms with Gasteiger partial charge in [-0.05, 0) is 87.4 Å². The molecule has 3 aromatic carbocycles. The van der Waals surface area contributed by atoms with Gasteiger partial charge in [-0.3, -0.25) is 4.79 Å². The number of hydrogen-bond acceptors (Lipinski definition) is 6. The third-order valence-electron chi connectivity index (χ3n) is 12.0. The molecule has 3 aliphatic heterocycles. The van der Waals surface area contributed by atoms with E-state index in [1.807, 2.05) is 30.0 Å². The molecule has 2 aromatic heterocycles. The molecule has 1 amide bonds. The van der Waals surface area contributed by atoms with Crippen molar-refractivity contribution < 1.29 is 13.9 Å². The average Bonchev–Trinajstić information content (AvgIpc) is 3.41. The summed E-state index contributed by atoms with van der Waals surface area (Å²) in [5.41, 5.74) is 4.75. The van der Waals surface area contributed by atoms with Gasteiger partial charge in [0, 0.05) is 64.6 Å². The van der Waals surface area contributed by atoms with Crippen molar-refractivity contribution in [3.05, 3.63) is 93.0 Å². The van der Waals surface area contributed by atoms with E-state index in [0.29, 0.717) is 62.9 Å². The van der Waals surface area contributed by atoms with Gasteiger partial charge in [-0.1, -0.05) is 41.4 Å². The van der Waals surface area contributed by atoms with Crippen LogP contribution in [0, 0.1) is 47.2 Å². The minimum atomic E-state index is -0.498. The van der Waals surface area contributed by atoms with Crippen molar-refractivity contribution >= 4 is 50.9 Å². The first kappa shape index (κ1) is 34.1. The molecule has 2 aliphatic carbocycles. The summed E-state index contributed by atoms with van der Waals surface area (Å²) in [6, 6.07) is 20.7. The third-order valence-corrected chi connectivity index (χ3v) is 12.8. The number of halogens is 3. The van der Waals surface area contributed by atoms with E-state index in [4.69, 9.17) is 32.9 Å². The van der Waals surface area contributed by atoms with Gasteiger partial charge < -0.3 is 19.5 Å². The van der Waals surface area contributed by atoms with Gasteiger partial charge in [-0.25, -0.2) is 9.37 Å². The second-order valence-electron chi connectivity index (χ2n) is 15.1. The quantitative estimate of drug-likeness (QED) is 0.170. The number of carbonyl (C=O) groups is 1. The first-order valence-electron chi connectivity index (χ1n) is 18.4. The van der Waals surface area contributed by atoms with Crippen molar-refractivity contribution in [2.24, 2.45) is 11.8 Å². The predicted molar refractivity (Wildman–Crippen MR) is 202 cm³/mol. The summed E-state index contributed by atoms with van der Waals surface area (Å²) in [7, 11) is 0. The molecule has 10 rings (SSSR count). The van der Waals surface area contributed by atoms with Gasteiger partial charge in [0.05, 0.1) is 51.4 Å². The van der Waals surface area contributed by atoms with E-state index in [0.717, 1.165) is 42.4 Å². The van der Waals surface area contributed by atoms with E-state index in [-0.39, 0.29) is 59.1 Å². The summed E-state index contributed by atoms with van der Waals surface area (Å²) in [6.07, 6.45) is 3.57. The van der Waals surface area contributed by atoms with Crippen LogP contribution in [-0.4, -0.2) is 45.1 Å². The predicted octanol–water partition coefficient (Wildman–Crippen LogP) is 8.99. The molecule has 5 fully saturated rings. The van der Waals surface area contributed by atoms with Crippen LogP contribution in [0.4, 0.5) is 4.39 Å². The summed E-state index contributed by atoms with van der Waals surface area (Å²) >= 11 is 13.1. The smallest absolute Gasteiger partial charge is 0.226 e. The molecule has 5 aliphatic rings. The Bertz CT molecular complexity index is 2420. The van der Waals surface area contributed by atoms with Crippen molar-refractivity contribution in [2.75, 3.05) is 6.54 Å². The maximum atomic E-state index is 17.2. The SMILES string of the molecule is Cc1nc2c(F)c(-c3cccc(Cl)c3Cl)c(CCC#N)cc2c2c1cc([C@H]1C[C@H](Oc3cccc(C#N)c3)[C@@H](C)N1C(=O)C1CC1)n2[C@H]1[C@H]2CN[C@@H]1C2. The number of pyridine rings is 1. The van der Waals surface area contributed by atoms with Crippen LogP contribution in [0.25, 0.3) is 32.9 Å². The molecule has 11 heteroatoms. The molecule has 53 heavy (non-hydrogen) atoms. The molecule has 5 aromatic rings. The van der Waals surface area contributed by atoms with E-state index in [1.54, 1.807) is 30.3 Å². The normalized spacial score (nSPS) is 24.7. The molecule has 2 bridgehead atoms. The van der Waals surface area contributed by atoms with Crippen molar-refractivity contribution in [2.45, 2.75) is 82.6 Å². The zero-order valence-corrected chi connectivity index (χ0v) is 30.9. The average molecular weight is 748 g/mol. The molecule has 268 valence electrons. The van der Waals surface area contributed by atoms with Gasteiger partial charge in [-0.15, -0.1) is 0 Å². The Morgan fingerprint density at radius 1 is 1.09 bits per heavy atom. The van der Waals surface area contributed by atoms with Crippen LogP contribution in [0.5, 0.6) is 5.75 Å². The number of benzene rings is 3. The van der Waals surface area contributed by atoms with Crippen molar-refractivity contribution in [1.29, 1.82) is 10.5 Å². The number of nitriles is 2. The first-order chi connectivity index (χ1) is 25.7. The maximum absolute atomic E-state index is 17.2. The highest BCUT2D eigenvalue weighted by Crippen LogP contribution is 2.52. The van der Waals surface area contributed by atoms with Crippen LogP contribution in [-0.2, 0) is 11.2 Å². The molecule has 8 nitrogen and oxygen atoms in total. The Morgan fingerprint density at radius 2 is 1.91 bits per heavy atom. The second kappa shape index (κ2) is 13.0. The van der Waals surface area contributed by atoms with Gasteiger partial charge >= 0.3 is 0 Å². The van der Waals surface area contributed by atoms with Crippen LogP contribution in [0.15, 0.2) is 54.6 Å². The topological polar surface area (TPSA) is 107 Å². The van der Waals surface area contributed by atoms with E-state index in [2.05, 4.69) is 35.0 Å². The lowest BCUT2D eigenvalue weighted by Gasteiger charge is -2.39. The van der Waals surface area contributed by atoms with Gasteiger partial charge in [-0.2, -0.15) is 10.5 Å². The van der Waals surface area contributed by atoms with E-state index >= 15 is 4.39 Å². The zero-order chi connectivity index (χ0) is 36.7. The fraction of sp³-hybridized carbons (Fsp3) is 0.381. The molecule has 0 radical (unpaired) electrons. The van der Waals surface area contributed by atoms with Gasteiger partial charge in [0.1, 0.15) is 17.4 Å². The number of aromatic nitrogens is 2.